The summed E-state index contributed by atoms with van der Waals surface area (Å²) in [6, 6.07) is 14.3. The molecule has 0 atom stereocenters. The summed E-state index contributed by atoms with van der Waals surface area (Å²) in [5.74, 6) is 1.95. The number of thiazole rings is 1. The zero-order chi connectivity index (χ0) is 18.4. The van der Waals surface area contributed by atoms with Gasteiger partial charge in [-0.15, -0.1) is 11.3 Å². The Kier molecular flexibility index (Phi) is 5.70. The van der Waals surface area contributed by atoms with Gasteiger partial charge in [-0.3, -0.25) is 0 Å². The van der Waals surface area contributed by atoms with E-state index in [0.29, 0.717) is 29.5 Å². The van der Waals surface area contributed by atoms with Gasteiger partial charge in [0, 0.05) is 16.8 Å². The van der Waals surface area contributed by atoms with Gasteiger partial charge in [-0.05, 0) is 43.3 Å². The number of anilines is 1. The predicted octanol–water partition coefficient (Wildman–Crippen LogP) is 4.57. The molecule has 7 heteroatoms. The normalized spacial score (nSPS) is 10.2. The van der Waals surface area contributed by atoms with E-state index in [4.69, 9.17) is 9.47 Å². The number of urea groups is 1. The van der Waals surface area contributed by atoms with E-state index < -0.39 is 0 Å². The average Bonchev–Trinajstić information content (AvgIpc) is 3.07. The van der Waals surface area contributed by atoms with Crippen LogP contribution < -0.4 is 20.1 Å². The quantitative estimate of drug-likeness (QED) is 0.667. The minimum absolute atomic E-state index is 0.269. The lowest BCUT2D eigenvalue weighted by Crippen LogP contribution is -2.27. The Morgan fingerprint density at radius 1 is 1.12 bits per heavy atom. The molecule has 6 nitrogen and oxygen atoms in total. The van der Waals surface area contributed by atoms with Crippen LogP contribution in [0, 0.1) is 6.92 Å². The van der Waals surface area contributed by atoms with Crippen molar-refractivity contribution in [1.82, 2.24) is 10.3 Å². The van der Waals surface area contributed by atoms with Crippen molar-refractivity contribution < 1.29 is 14.3 Å². The molecule has 2 amide bonds. The van der Waals surface area contributed by atoms with E-state index in [1.165, 1.54) is 0 Å². The van der Waals surface area contributed by atoms with Crippen molar-refractivity contribution in [3.05, 3.63) is 64.6 Å². The average molecular weight is 369 g/mol. The first-order chi connectivity index (χ1) is 12.6. The number of hydrogen-bond acceptors (Lipinski definition) is 5. The van der Waals surface area contributed by atoms with Crippen molar-refractivity contribution >= 4 is 23.1 Å². The number of rotatable bonds is 6. The van der Waals surface area contributed by atoms with Crippen LogP contribution in [0.2, 0.25) is 0 Å². The number of hydrogen-bond donors (Lipinski definition) is 2. The van der Waals surface area contributed by atoms with Crippen molar-refractivity contribution in [2.75, 3.05) is 12.4 Å². The summed E-state index contributed by atoms with van der Waals surface area (Å²) in [4.78, 5) is 17.1. The van der Waals surface area contributed by atoms with E-state index in [1.54, 1.807) is 48.9 Å². The van der Waals surface area contributed by atoms with Gasteiger partial charge in [0.1, 0.15) is 5.75 Å². The highest BCUT2D eigenvalue weighted by atomic mass is 32.1. The first-order valence-corrected chi connectivity index (χ1v) is 8.83. The molecule has 0 unspecified atom stereocenters. The Hall–Kier alpha value is -3.06. The number of para-hydroxylation sites is 2. The smallest absolute Gasteiger partial charge is 0.319 e. The molecule has 0 aliphatic heterocycles. The van der Waals surface area contributed by atoms with Crippen LogP contribution in [0.15, 0.2) is 54.7 Å². The van der Waals surface area contributed by atoms with Gasteiger partial charge in [0.25, 0.3) is 0 Å². The number of nitrogens with one attached hydrogen (secondary N) is 2. The van der Waals surface area contributed by atoms with Gasteiger partial charge in [0.15, 0.2) is 11.5 Å². The van der Waals surface area contributed by atoms with Gasteiger partial charge in [-0.25, -0.2) is 9.78 Å². The summed E-state index contributed by atoms with van der Waals surface area (Å²) in [7, 11) is 1.60. The molecule has 0 fully saturated rings. The summed E-state index contributed by atoms with van der Waals surface area (Å²) in [5.41, 5.74) is 0.676. The minimum atomic E-state index is -0.269. The molecule has 0 saturated carbocycles. The molecule has 0 radical (unpaired) electrons. The Labute approximate surface area is 155 Å². The largest absolute Gasteiger partial charge is 0.493 e. The zero-order valence-electron chi connectivity index (χ0n) is 14.5. The van der Waals surface area contributed by atoms with Crippen LogP contribution in [0.3, 0.4) is 0 Å². The number of carbonyl (C=O) groups excluding carboxylic acids is 1. The highest BCUT2D eigenvalue weighted by molar-refractivity contribution is 7.11. The molecule has 3 aromatic rings. The second-order valence-corrected chi connectivity index (χ2v) is 6.75. The second-order valence-electron chi connectivity index (χ2n) is 5.43. The third-order valence-electron chi connectivity index (χ3n) is 3.50. The van der Waals surface area contributed by atoms with Gasteiger partial charge in [-0.2, -0.15) is 0 Å². The lowest BCUT2D eigenvalue weighted by atomic mass is 10.3. The number of methoxy groups -OCH3 is 1. The van der Waals surface area contributed by atoms with Gasteiger partial charge in [-0.1, -0.05) is 12.1 Å². The summed E-state index contributed by atoms with van der Waals surface area (Å²) in [6.07, 6.45) is 1.77. The fraction of sp³-hybridized carbons (Fsp3) is 0.158. The third kappa shape index (κ3) is 4.73. The Balaban J connectivity index is 1.54. The lowest BCUT2D eigenvalue weighted by Gasteiger charge is -2.11. The van der Waals surface area contributed by atoms with E-state index in [1.807, 2.05) is 31.2 Å². The van der Waals surface area contributed by atoms with Crippen LogP contribution in [0.1, 0.15) is 9.88 Å². The van der Waals surface area contributed by atoms with Crippen LogP contribution in [0.5, 0.6) is 17.2 Å². The van der Waals surface area contributed by atoms with E-state index in [9.17, 15) is 4.79 Å². The van der Waals surface area contributed by atoms with Crippen molar-refractivity contribution in [1.29, 1.82) is 0 Å². The Morgan fingerprint density at radius 3 is 2.50 bits per heavy atom. The molecule has 1 aromatic heterocycles. The minimum Gasteiger partial charge on any atom is -0.493 e. The number of ether oxygens (including phenoxy) is 2. The second kappa shape index (κ2) is 8.35. The number of aryl methyl sites for hydroxylation is 1. The Bertz CT molecular complexity index is 878. The molecule has 0 aliphatic carbocycles. The summed E-state index contributed by atoms with van der Waals surface area (Å²) in [5, 5.41) is 6.57. The van der Waals surface area contributed by atoms with Crippen molar-refractivity contribution in [3.8, 4) is 17.2 Å². The van der Waals surface area contributed by atoms with Gasteiger partial charge >= 0.3 is 6.03 Å². The van der Waals surface area contributed by atoms with Crippen LogP contribution in [0.4, 0.5) is 10.5 Å². The molecular weight excluding hydrogens is 350 g/mol. The predicted molar refractivity (Wildman–Crippen MR) is 102 cm³/mol. The van der Waals surface area contributed by atoms with Crippen LogP contribution >= 0.6 is 11.3 Å². The summed E-state index contributed by atoms with van der Waals surface area (Å²) in [6.45, 7) is 2.38. The maximum Gasteiger partial charge on any atom is 0.319 e. The maximum absolute atomic E-state index is 12.0. The molecule has 0 bridgehead atoms. The number of nitrogens with zero attached hydrogens (tertiary/aromatic N) is 1. The number of aromatic nitrogens is 1. The lowest BCUT2D eigenvalue weighted by molar-refractivity contribution is 0.252. The fourth-order valence-electron chi connectivity index (χ4n) is 2.27. The zero-order valence-corrected chi connectivity index (χ0v) is 15.3. The van der Waals surface area contributed by atoms with E-state index >= 15 is 0 Å². The molecule has 2 N–H and O–H groups in total. The third-order valence-corrected chi connectivity index (χ3v) is 4.41. The molecule has 2 aromatic carbocycles. The van der Waals surface area contributed by atoms with E-state index in [2.05, 4.69) is 15.6 Å². The molecule has 1 heterocycles. The van der Waals surface area contributed by atoms with Gasteiger partial charge in [0.2, 0.25) is 0 Å². The first-order valence-electron chi connectivity index (χ1n) is 8.01. The monoisotopic (exact) mass is 369 g/mol. The number of carbonyl (C=O) groups is 1. The number of benzene rings is 2. The number of amides is 2. The molecule has 0 spiro atoms. The van der Waals surface area contributed by atoms with E-state index in [0.717, 1.165) is 9.88 Å². The highest BCUT2D eigenvalue weighted by Gasteiger charge is 2.06. The molecule has 26 heavy (non-hydrogen) atoms. The van der Waals surface area contributed by atoms with Crippen LogP contribution in [-0.2, 0) is 6.54 Å². The summed E-state index contributed by atoms with van der Waals surface area (Å²) >= 11 is 1.56. The van der Waals surface area contributed by atoms with Gasteiger partial charge < -0.3 is 20.1 Å². The Morgan fingerprint density at radius 2 is 1.85 bits per heavy atom. The molecule has 134 valence electrons. The first kappa shape index (κ1) is 17.8. The van der Waals surface area contributed by atoms with Crippen molar-refractivity contribution in [2.45, 2.75) is 13.5 Å². The molecule has 0 saturated heterocycles. The molecular formula is C19H19N3O3S. The standard InChI is InChI=1S/C19H19N3O3S/c1-13-20-11-16(26-13)12-21-19(23)22-14-7-9-15(10-8-14)25-18-6-4-3-5-17(18)24-2/h3-11H,12H2,1-2H3,(H2,21,22,23). The highest BCUT2D eigenvalue weighted by Crippen LogP contribution is 2.31. The van der Waals surface area contributed by atoms with Crippen LogP contribution in [0.25, 0.3) is 0 Å². The van der Waals surface area contributed by atoms with Gasteiger partial charge in [0.05, 0.1) is 18.7 Å². The SMILES string of the molecule is COc1ccccc1Oc1ccc(NC(=O)NCc2cnc(C)s2)cc1. The van der Waals surface area contributed by atoms with Crippen LogP contribution in [-0.4, -0.2) is 18.1 Å². The topological polar surface area (TPSA) is 72.5 Å². The van der Waals surface area contributed by atoms with Crippen molar-refractivity contribution in [3.63, 3.8) is 0 Å². The maximum atomic E-state index is 12.0. The fourth-order valence-corrected chi connectivity index (χ4v) is 3.00. The van der Waals surface area contributed by atoms with Crippen molar-refractivity contribution in [2.24, 2.45) is 0 Å². The molecule has 0 aliphatic rings. The summed E-state index contributed by atoms with van der Waals surface area (Å²) < 4.78 is 11.1. The molecule has 3 rings (SSSR count). The van der Waals surface area contributed by atoms with E-state index in [-0.39, 0.29) is 6.03 Å².